The fraction of sp³-hybridized carbons (Fsp3) is 0.385. The van der Waals surface area contributed by atoms with Crippen molar-refractivity contribution in [3.8, 4) is 6.07 Å². The van der Waals surface area contributed by atoms with Gasteiger partial charge in [-0.15, -0.1) is 17.0 Å². The van der Waals surface area contributed by atoms with Gasteiger partial charge in [-0.25, -0.2) is 4.99 Å². The smallest absolute Gasteiger partial charge is 0.159 e. The minimum atomic E-state index is 0. The van der Waals surface area contributed by atoms with Gasteiger partial charge in [-0.05, 0) is 24.2 Å². The number of aliphatic imine (C=N–C) groups is 1. The highest BCUT2D eigenvalue weighted by Gasteiger charge is 2.10. The number of thioether (sulfide) groups is 1. The SMILES string of the molecule is Br.CCN1CN=C(SCc2cccc(C#N)c2)NC1. The van der Waals surface area contributed by atoms with Gasteiger partial charge in [-0.1, -0.05) is 30.8 Å². The summed E-state index contributed by atoms with van der Waals surface area (Å²) in [6.45, 7) is 4.77. The third-order valence-corrected chi connectivity index (χ3v) is 3.77. The molecule has 1 aromatic rings. The van der Waals surface area contributed by atoms with E-state index in [0.717, 1.165) is 36.4 Å². The molecule has 1 aromatic carbocycles. The van der Waals surface area contributed by atoms with Crippen LogP contribution in [-0.2, 0) is 5.75 Å². The number of nitriles is 1. The van der Waals surface area contributed by atoms with Crippen LogP contribution < -0.4 is 5.32 Å². The Morgan fingerprint density at radius 1 is 1.53 bits per heavy atom. The van der Waals surface area contributed by atoms with E-state index in [9.17, 15) is 0 Å². The molecule has 1 heterocycles. The first-order valence-electron chi connectivity index (χ1n) is 5.94. The maximum absolute atomic E-state index is 8.84. The number of hydrogen-bond acceptors (Lipinski definition) is 5. The molecule has 0 aliphatic carbocycles. The minimum Gasteiger partial charge on any atom is -0.352 e. The second-order valence-electron chi connectivity index (χ2n) is 4.03. The summed E-state index contributed by atoms with van der Waals surface area (Å²) in [5.74, 6) is 0.841. The van der Waals surface area contributed by atoms with Crippen LogP contribution in [0.4, 0.5) is 0 Å². The van der Waals surface area contributed by atoms with E-state index in [1.165, 1.54) is 0 Å². The van der Waals surface area contributed by atoms with Crippen molar-refractivity contribution in [1.29, 1.82) is 5.26 Å². The first-order chi connectivity index (χ1) is 8.81. The van der Waals surface area contributed by atoms with E-state index >= 15 is 0 Å². The molecule has 1 N–H and O–H groups in total. The van der Waals surface area contributed by atoms with Crippen LogP contribution in [0.1, 0.15) is 18.1 Å². The molecule has 0 saturated carbocycles. The molecule has 6 heteroatoms. The van der Waals surface area contributed by atoms with Crippen LogP contribution >= 0.6 is 28.7 Å². The second-order valence-corrected chi connectivity index (χ2v) is 4.99. The highest BCUT2D eigenvalue weighted by atomic mass is 79.9. The summed E-state index contributed by atoms with van der Waals surface area (Å²) in [4.78, 5) is 6.69. The van der Waals surface area contributed by atoms with Gasteiger partial charge in [-0.2, -0.15) is 5.26 Å². The Morgan fingerprint density at radius 2 is 2.37 bits per heavy atom. The second kappa shape index (κ2) is 8.20. The predicted molar refractivity (Wildman–Crippen MR) is 85.5 cm³/mol. The molecule has 1 aliphatic heterocycles. The number of nitrogens with one attached hydrogen (secondary N) is 1. The zero-order valence-electron chi connectivity index (χ0n) is 10.8. The Labute approximate surface area is 128 Å². The van der Waals surface area contributed by atoms with Crippen LogP contribution in [0.2, 0.25) is 0 Å². The molecule has 19 heavy (non-hydrogen) atoms. The molecule has 102 valence electrons. The van der Waals surface area contributed by atoms with Crippen LogP contribution in [0, 0.1) is 11.3 Å². The van der Waals surface area contributed by atoms with Crippen molar-refractivity contribution in [1.82, 2.24) is 10.2 Å². The van der Waals surface area contributed by atoms with Gasteiger partial charge >= 0.3 is 0 Å². The van der Waals surface area contributed by atoms with Gasteiger partial charge in [0, 0.05) is 5.75 Å². The van der Waals surface area contributed by atoms with E-state index in [4.69, 9.17) is 5.26 Å². The maximum atomic E-state index is 8.84. The topological polar surface area (TPSA) is 51.4 Å². The monoisotopic (exact) mass is 340 g/mol. The van der Waals surface area contributed by atoms with Crippen molar-refractivity contribution in [2.24, 2.45) is 4.99 Å². The Kier molecular flexibility index (Phi) is 6.92. The number of nitrogens with zero attached hydrogens (tertiary/aromatic N) is 3. The van der Waals surface area contributed by atoms with Crippen LogP contribution in [0.15, 0.2) is 29.3 Å². The average molecular weight is 341 g/mol. The lowest BCUT2D eigenvalue weighted by molar-refractivity contribution is 0.281. The molecule has 0 radical (unpaired) electrons. The normalized spacial score (nSPS) is 14.8. The lowest BCUT2D eigenvalue weighted by Gasteiger charge is -2.24. The quantitative estimate of drug-likeness (QED) is 0.918. The molecule has 0 saturated heterocycles. The molecular formula is C13H17BrN4S. The molecule has 0 atom stereocenters. The summed E-state index contributed by atoms with van der Waals surface area (Å²) >= 11 is 1.68. The third-order valence-electron chi connectivity index (χ3n) is 2.75. The van der Waals surface area contributed by atoms with E-state index < -0.39 is 0 Å². The highest BCUT2D eigenvalue weighted by molar-refractivity contribution is 8.93. The molecule has 0 aromatic heterocycles. The molecule has 0 fully saturated rings. The Bertz CT molecular complexity index is 484. The zero-order valence-corrected chi connectivity index (χ0v) is 13.3. The number of amidine groups is 1. The van der Waals surface area contributed by atoms with Crippen LogP contribution in [0.3, 0.4) is 0 Å². The summed E-state index contributed by atoms with van der Waals surface area (Å²) in [7, 11) is 0. The van der Waals surface area contributed by atoms with Crippen molar-refractivity contribution in [3.05, 3.63) is 35.4 Å². The molecule has 0 spiro atoms. The predicted octanol–water partition coefficient (Wildman–Crippen LogP) is 2.57. The molecule has 0 amide bonds. The third kappa shape index (κ3) is 4.86. The molecule has 0 unspecified atom stereocenters. The molecule has 2 rings (SSSR count). The first kappa shape index (κ1) is 16.0. The molecule has 0 bridgehead atoms. The maximum Gasteiger partial charge on any atom is 0.159 e. The number of hydrogen-bond donors (Lipinski definition) is 1. The van der Waals surface area contributed by atoms with Gasteiger partial charge in [0.05, 0.1) is 25.0 Å². The van der Waals surface area contributed by atoms with E-state index in [2.05, 4.69) is 28.2 Å². The van der Waals surface area contributed by atoms with Gasteiger partial charge in [-0.3, -0.25) is 4.90 Å². The van der Waals surface area contributed by atoms with Crippen LogP contribution in [0.25, 0.3) is 0 Å². The van der Waals surface area contributed by atoms with E-state index in [0.29, 0.717) is 5.56 Å². The minimum absolute atomic E-state index is 0. The van der Waals surface area contributed by atoms with Crippen LogP contribution in [0.5, 0.6) is 0 Å². The van der Waals surface area contributed by atoms with Gasteiger partial charge in [0.25, 0.3) is 0 Å². The number of halogens is 1. The zero-order chi connectivity index (χ0) is 12.8. The van der Waals surface area contributed by atoms with E-state index in [-0.39, 0.29) is 17.0 Å². The number of benzene rings is 1. The fourth-order valence-electron chi connectivity index (χ4n) is 1.64. The van der Waals surface area contributed by atoms with Crippen molar-refractivity contribution in [2.45, 2.75) is 12.7 Å². The van der Waals surface area contributed by atoms with Gasteiger partial charge in [0.2, 0.25) is 0 Å². The van der Waals surface area contributed by atoms with Crippen molar-refractivity contribution >= 4 is 33.9 Å². The Balaban J connectivity index is 0.00000180. The van der Waals surface area contributed by atoms with Crippen molar-refractivity contribution < 1.29 is 0 Å². The van der Waals surface area contributed by atoms with Crippen LogP contribution in [-0.4, -0.2) is 29.9 Å². The highest BCUT2D eigenvalue weighted by Crippen LogP contribution is 2.15. The molecule has 1 aliphatic rings. The summed E-state index contributed by atoms with van der Waals surface area (Å²) in [5.41, 5.74) is 1.87. The summed E-state index contributed by atoms with van der Waals surface area (Å²) < 4.78 is 0. The van der Waals surface area contributed by atoms with E-state index in [1.54, 1.807) is 11.8 Å². The summed E-state index contributed by atoms with van der Waals surface area (Å²) in [6, 6.07) is 9.86. The Hall–Kier alpha value is -1.03. The van der Waals surface area contributed by atoms with E-state index in [1.807, 2.05) is 24.3 Å². The summed E-state index contributed by atoms with van der Waals surface area (Å²) in [6.07, 6.45) is 0. The lowest BCUT2D eigenvalue weighted by atomic mass is 10.2. The van der Waals surface area contributed by atoms with Gasteiger partial charge < -0.3 is 5.32 Å². The van der Waals surface area contributed by atoms with Gasteiger partial charge in [0.1, 0.15) is 0 Å². The average Bonchev–Trinajstić information content (AvgIpc) is 2.46. The van der Waals surface area contributed by atoms with Gasteiger partial charge in [0.15, 0.2) is 5.17 Å². The largest absolute Gasteiger partial charge is 0.352 e. The molecule has 4 nitrogen and oxygen atoms in total. The standard InChI is InChI=1S/C13H16N4S.BrH/c1-2-17-9-15-13(16-10-17)18-8-12-5-3-4-11(6-12)7-14;/h3-6H,2,8-10H2,1H3,(H,15,16);1H. The fourth-order valence-corrected chi connectivity index (χ4v) is 2.44. The Morgan fingerprint density at radius 3 is 3.00 bits per heavy atom. The number of rotatable bonds is 3. The lowest BCUT2D eigenvalue weighted by Crippen LogP contribution is -2.41. The molecular weight excluding hydrogens is 324 g/mol. The van der Waals surface area contributed by atoms with Crippen molar-refractivity contribution in [3.63, 3.8) is 0 Å². The summed E-state index contributed by atoms with van der Waals surface area (Å²) in [5, 5.41) is 13.1. The first-order valence-corrected chi connectivity index (χ1v) is 6.93. The van der Waals surface area contributed by atoms with Crippen molar-refractivity contribution in [2.75, 3.05) is 19.9 Å².